The monoisotopic (exact) mass is 189 g/mol. The van der Waals surface area contributed by atoms with Crippen LogP contribution in [-0.4, -0.2) is 29.8 Å². The van der Waals surface area contributed by atoms with E-state index in [1.54, 1.807) is 0 Å². The fourth-order valence-electron chi connectivity index (χ4n) is 0.664. The van der Waals surface area contributed by atoms with Crippen LogP contribution in [0, 0.1) is 5.92 Å². The Morgan fingerprint density at radius 3 is 2.38 bits per heavy atom. The van der Waals surface area contributed by atoms with Crippen LogP contribution in [0.15, 0.2) is 0 Å². The molecule has 4 nitrogen and oxygen atoms in total. The molecule has 0 aromatic heterocycles. The van der Waals surface area contributed by atoms with Crippen molar-refractivity contribution in [2.75, 3.05) is 6.61 Å². The Morgan fingerprint density at radius 2 is 2.00 bits per heavy atom. The summed E-state index contributed by atoms with van der Waals surface area (Å²) in [6.45, 7) is 5.67. The maximum absolute atomic E-state index is 11.2. The van der Waals surface area contributed by atoms with Gasteiger partial charge in [0.15, 0.2) is 0 Å². The molecule has 0 bridgehead atoms. The van der Waals surface area contributed by atoms with Crippen molar-refractivity contribution in [1.82, 2.24) is 0 Å². The molecule has 0 amide bonds. The number of ether oxygens (including phenoxy) is 1. The van der Waals surface area contributed by atoms with Gasteiger partial charge in [-0.3, -0.25) is 4.79 Å². The standard InChI is InChI=1S/C9H19NO3/c1-6(2)7(3)13-9(12)8(10)4-5-11/h6-8,11H,4-5,10H2,1-3H3/t7?,8-/m1/s1. The first kappa shape index (κ1) is 12.4. The van der Waals surface area contributed by atoms with Crippen molar-refractivity contribution >= 4 is 5.97 Å². The second-order valence-corrected chi connectivity index (χ2v) is 3.50. The van der Waals surface area contributed by atoms with Gasteiger partial charge in [-0.15, -0.1) is 0 Å². The number of hydrogen-bond acceptors (Lipinski definition) is 4. The molecule has 0 aromatic rings. The lowest BCUT2D eigenvalue weighted by Gasteiger charge is -2.18. The highest BCUT2D eigenvalue weighted by atomic mass is 16.5. The Kier molecular flexibility index (Phi) is 5.66. The highest BCUT2D eigenvalue weighted by Crippen LogP contribution is 2.06. The van der Waals surface area contributed by atoms with Crippen molar-refractivity contribution in [2.45, 2.75) is 39.3 Å². The molecule has 78 valence electrons. The average Bonchev–Trinajstić information content (AvgIpc) is 2.04. The smallest absolute Gasteiger partial charge is 0.323 e. The van der Waals surface area contributed by atoms with E-state index in [4.69, 9.17) is 15.6 Å². The second-order valence-electron chi connectivity index (χ2n) is 3.50. The summed E-state index contributed by atoms with van der Waals surface area (Å²) in [6.07, 6.45) is 0.126. The molecule has 0 saturated carbocycles. The topological polar surface area (TPSA) is 72.5 Å². The van der Waals surface area contributed by atoms with E-state index in [0.717, 1.165) is 0 Å². The van der Waals surface area contributed by atoms with Gasteiger partial charge in [0.2, 0.25) is 0 Å². The molecular weight excluding hydrogens is 170 g/mol. The van der Waals surface area contributed by atoms with E-state index in [0.29, 0.717) is 0 Å². The number of hydrogen-bond donors (Lipinski definition) is 2. The SMILES string of the molecule is CC(C)C(C)OC(=O)[C@H](N)CCO. The normalized spacial score (nSPS) is 15.5. The van der Waals surface area contributed by atoms with Crippen LogP contribution in [0.25, 0.3) is 0 Å². The molecule has 4 heteroatoms. The molecule has 0 spiro atoms. The molecule has 13 heavy (non-hydrogen) atoms. The van der Waals surface area contributed by atoms with Crippen molar-refractivity contribution in [3.8, 4) is 0 Å². The first-order valence-electron chi connectivity index (χ1n) is 4.56. The van der Waals surface area contributed by atoms with Crippen LogP contribution in [0.5, 0.6) is 0 Å². The highest BCUT2D eigenvalue weighted by molar-refractivity contribution is 5.75. The van der Waals surface area contributed by atoms with Crippen LogP contribution in [0.1, 0.15) is 27.2 Å². The quantitative estimate of drug-likeness (QED) is 0.609. The van der Waals surface area contributed by atoms with Gasteiger partial charge in [0.1, 0.15) is 12.1 Å². The summed E-state index contributed by atoms with van der Waals surface area (Å²) < 4.78 is 5.05. The lowest BCUT2D eigenvalue weighted by Crippen LogP contribution is -2.36. The van der Waals surface area contributed by atoms with Crippen LogP contribution < -0.4 is 5.73 Å². The minimum atomic E-state index is -0.703. The Balaban J connectivity index is 3.85. The predicted molar refractivity (Wildman–Crippen MR) is 50.1 cm³/mol. The molecule has 0 rings (SSSR count). The Labute approximate surface area is 79.1 Å². The summed E-state index contributed by atoms with van der Waals surface area (Å²) in [5, 5.41) is 8.54. The molecular formula is C9H19NO3. The van der Waals surface area contributed by atoms with E-state index >= 15 is 0 Å². The van der Waals surface area contributed by atoms with Gasteiger partial charge in [-0.2, -0.15) is 0 Å². The maximum atomic E-state index is 11.2. The Hall–Kier alpha value is -0.610. The van der Waals surface area contributed by atoms with Gasteiger partial charge >= 0.3 is 5.97 Å². The van der Waals surface area contributed by atoms with Crippen molar-refractivity contribution in [3.05, 3.63) is 0 Å². The fraction of sp³-hybridized carbons (Fsp3) is 0.889. The van der Waals surface area contributed by atoms with Crippen molar-refractivity contribution in [1.29, 1.82) is 0 Å². The summed E-state index contributed by atoms with van der Waals surface area (Å²) in [5.41, 5.74) is 5.44. The largest absolute Gasteiger partial charge is 0.461 e. The fourth-order valence-corrected chi connectivity index (χ4v) is 0.664. The van der Waals surface area contributed by atoms with Gasteiger partial charge in [0, 0.05) is 6.61 Å². The molecule has 0 radical (unpaired) electrons. The highest BCUT2D eigenvalue weighted by Gasteiger charge is 2.18. The first-order valence-corrected chi connectivity index (χ1v) is 4.56. The molecule has 0 heterocycles. The Morgan fingerprint density at radius 1 is 1.46 bits per heavy atom. The van der Waals surface area contributed by atoms with Gasteiger partial charge in [-0.25, -0.2) is 0 Å². The van der Waals surface area contributed by atoms with Gasteiger partial charge in [0.25, 0.3) is 0 Å². The van der Waals surface area contributed by atoms with E-state index in [9.17, 15) is 4.79 Å². The number of carbonyl (C=O) groups excluding carboxylic acids is 1. The van der Waals surface area contributed by atoms with E-state index in [2.05, 4.69) is 0 Å². The third-order valence-corrected chi connectivity index (χ3v) is 1.98. The number of carbonyl (C=O) groups is 1. The zero-order valence-electron chi connectivity index (χ0n) is 8.49. The van der Waals surface area contributed by atoms with Crippen molar-refractivity contribution in [2.24, 2.45) is 11.7 Å². The summed E-state index contributed by atoms with van der Waals surface area (Å²) in [5.74, 6) is -0.152. The summed E-state index contributed by atoms with van der Waals surface area (Å²) in [6, 6.07) is -0.703. The lowest BCUT2D eigenvalue weighted by molar-refractivity contribution is -0.152. The molecule has 3 N–H and O–H groups in total. The van der Waals surface area contributed by atoms with Gasteiger partial charge < -0.3 is 15.6 Å². The number of nitrogens with two attached hydrogens (primary N) is 1. The van der Waals surface area contributed by atoms with Crippen LogP contribution in [0.2, 0.25) is 0 Å². The molecule has 0 aromatic carbocycles. The lowest BCUT2D eigenvalue weighted by atomic mass is 10.1. The molecule has 2 atom stereocenters. The summed E-state index contributed by atoms with van der Waals surface area (Å²) >= 11 is 0. The average molecular weight is 189 g/mol. The van der Waals surface area contributed by atoms with Crippen LogP contribution >= 0.6 is 0 Å². The number of esters is 1. The summed E-state index contributed by atoms with van der Waals surface area (Å²) in [7, 11) is 0. The zero-order chi connectivity index (χ0) is 10.4. The van der Waals surface area contributed by atoms with Crippen molar-refractivity contribution in [3.63, 3.8) is 0 Å². The molecule has 1 unspecified atom stereocenters. The molecule has 0 fully saturated rings. The van der Waals surface area contributed by atoms with Gasteiger partial charge in [-0.1, -0.05) is 13.8 Å². The van der Waals surface area contributed by atoms with Crippen LogP contribution in [-0.2, 0) is 9.53 Å². The maximum Gasteiger partial charge on any atom is 0.323 e. The van der Waals surface area contributed by atoms with Crippen LogP contribution in [0.4, 0.5) is 0 Å². The number of aliphatic hydroxyl groups excluding tert-OH is 1. The molecule has 0 aliphatic carbocycles. The number of aliphatic hydroxyl groups is 1. The Bertz CT molecular complexity index is 159. The molecule has 0 aliphatic rings. The second kappa shape index (κ2) is 5.94. The number of rotatable bonds is 5. The van der Waals surface area contributed by atoms with Gasteiger partial charge in [0.05, 0.1) is 0 Å². The minimum Gasteiger partial charge on any atom is -0.461 e. The molecule has 0 aliphatic heterocycles. The first-order chi connectivity index (χ1) is 5.99. The van der Waals surface area contributed by atoms with Gasteiger partial charge in [-0.05, 0) is 19.3 Å². The third kappa shape index (κ3) is 4.85. The predicted octanol–water partition coefficient (Wildman–Crippen LogP) is 0.284. The van der Waals surface area contributed by atoms with Crippen molar-refractivity contribution < 1.29 is 14.6 Å². The van der Waals surface area contributed by atoms with Crippen LogP contribution in [0.3, 0.4) is 0 Å². The zero-order valence-corrected chi connectivity index (χ0v) is 8.49. The van der Waals surface area contributed by atoms with E-state index < -0.39 is 12.0 Å². The molecule has 0 saturated heterocycles. The summed E-state index contributed by atoms with van der Waals surface area (Å²) in [4.78, 5) is 11.2. The third-order valence-electron chi connectivity index (χ3n) is 1.98. The van der Waals surface area contributed by atoms with E-state index in [1.807, 2.05) is 20.8 Å². The minimum absolute atomic E-state index is 0.0909. The van der Waals surface area contributed by atoms with E-state index in [1.165, 1.54) is 0 Å². The van der Waals surface area contributed by atoms with E-state index in [-0.39, 0.29) is 25.0 Å².